The van der Waals surface area contributed by atoms with Crippen LogP contribution in [0.3, 0.4) is 0 Å². The van der Waals surface area contributed by atoms with Crippen molar-refractivity contribution in [3.63, 3.8) is 0 Å². The Morgan fingerprint density at radius 3 is 2.44 bits per heavy atom. The Morgan fingerprint density at radius 2 is 1.88 bits per heavy atom. The van der Waals surface area contributed by atoms with Crippen LogP contribution in [0, 0.1) is 13.8 Å². The normalized spacial score (nSPS) is 10.4. The summed E-state index contributed by atoms with van der Waals surface area (Å²) in [6, 6.07) is 7.97. The summed E-state index contributed by atoms with van der Waals surface area (Å²) >= 11 is 1.80. The molecule has 0 radical (unpaired) electrons. The van der Waals surface area contributed by atoms with E-state index in [0.29, 0.717) is 0 Å². The number of methoxy groups -OCH3 is 1. The highest BCUT2D eigenvalue weighted by atomic mass is 32.1. The first-order chi connectivity index (χ1) is 7.61. The first-order valence-corrected chi connectivity index (χ1v) is 5.94. The zero-order valence-corrected chi connectivity index (χ0v) is 10.5. The summed E-state index contributed by atoms with van der Waals surface area (Å²) in [6.45, 7) is 4.24. The number of nitrogens with two attached hydrogens (primary N) is 1. The van der Waals surface area contributed by atoms with E-state index in [1.54, 1.807) is 18.4 Å². The summed E-state index contributed by atoms with van der Waals surface area (Å²) in [4.78, 5) is 2.62. The van der Waals surface area contributed by atoms with E-state index in [1.165, 1.54) is 15.3 Å². The van der Waals surface area contributed by atoms with Crippen molar-refractivity contribution < 1.29 is 4.74 Å². The predicted molar refractivity (Wildman–Crippen MR) is 70.2 cm³/mol. The van der Waals surface area contributed by atoms with E-state index in [4.69, 9.17) is 10.5 Å². The number of thiophene rings is 1. The highest BCUT2D eigenvalue weighted by Gasteiger charge is 2.10. The summed E-state index contributed by atoms with van der Waals surface area (Å²) in [7, 11) is 1.67. The molecule has 0 saturated carbocycles. The Balaban J connectivity index is 2.59. The van der Waals surface area contributed by atoms with Crippen molar-refractivity contribution in [1.29, 1.82) is 0 Å². The summed E-state index contributed by atoms with van der Waals surface area (Å²) in [5, 5.41) is 0. The molecule has 2 nitrogen and oxygen atoms in total. The molecule has 0 atom stereocenters. The number of hydrogen-bond acceptors (Lipinski definition) is 3. The standard InChI is InChI=1S/C13H15NOS/c1-8-6-12(9(2)16-8)11-5-4-10(14)7-13(11)15-3/h4-7H,14H2,1-3H3. The van der Waals surface area contributed by atoms with Crippen molar-refractivity contribution in [2.45, 2.75) is 13.8 Å². The van der Waals surface area contributed by atoms with Gasteiger partial charge in [-0.1, -0.05) is 0 Å². The second-order valence-electron chi connectivity index (χ2n) is 3.79. The molecule has 0 aliphatic rings. The minimum absolute atomic E-state index is 0.727. The van der Waals surface area contributed by atoms with Crippen molar-refractivity contribution in [2.24, 2.45) is 0 Å². The molecule has 2 N–H and O–H groups in total. The fraction of sp³-hybridized carbons (Fsp3) is 0.231. The van der Waals surface area contributed by atoms with Crippen molar-refractivity contribution >= 4 is 17.0 Å². The van der Waals surface area contributed by atoms with Crippen LogP contribution in [0.2, 0.25) is 0 Å². The second-order valence-corrected chi connectivity index (χ2v) is 5.25. The Labute approximate surface area is 99.7 Å². The Kier molecular flexibility index (Phi) is 2.88. The van der Waals surface area contributed by atoms with E-state index in [1.807, 2.05) is 18.2 Å². The van der Waals surface area contributed by atoms with Crippen LogP contribution < -0.4 is 10.5 Å². The van der Waals surface area contributed by atoms with Crippen LogP contribution in [0.25, 0.3) is 11.1 Å². The van der Waals surface area contributed by atoms with Gasteiger partial charge in [-0.25, -0.2) is 0 Å². The maximum atomic E-state index is 5.75. The van der Waals surface area contributed by atoms with Gasteiger partial charge in [-0.2, -0.15) is 0 Å². The van der Waals surface area contributed by atoms with E-state index in [0.717, 1.165) is 17.0 Å². The van der Waals surface area contributed by atoms with Gasteiger partial charge in [0.1, 0.15) is 5.75 Å². The molecule has 1 aromatic heterocycles. The number of hydrogen-bond donors (Lipinski definition) is 1. The third kappa shape index (κ3) is 1.91. The molecule has 16 heavy (non-hydrogen) atoms. The molecule has 0 saturated heterocycles. The highest BCUT2D eigenvalue weighted by molar-refractivity contribution is 7.12. The molecule has 0 aliphatic carbocycles. The van der Waals surface area contributed by atoms with Crippen LogP contribution in [0.1, 0.15) is 9.75 Å². The number of benzene rings is 1. The van der Waals surface area contributed by atoms with Gasteiger partial charge in [0.2, 0.25) is 0 Å². The number of nitrogen functional groups attached to an aromatic ring is 1. The van der Waals surface area contributed by atoms with Gasteiger partial charge in [0.05, 0.1) is 7.11 Å². The fourth-order valence-corrected chi connectivity index (χ4v) is 2.77. The van der Waals surface area contributed by atoms with E-state index in [9.17, 15) is 0 Å². The zero-order valence-electron chi connectivity index (χ0n) is 9.70. The van der Waals surface area contributed by atoms with Gasteiger partial charge in [-0.15, -0.1) is 11.3 Å². The second kappa shape index (κ2) is 4.18. The lowest BCUT2D eigenvalue weighted by Gasteiger charge is -2.08. The lowest BCUT2D eigenvalue weighted by atomic mass is 10.0. The van der Waals surface area contributed by atoms with Crippen LogP contribution in [0.5, 0.6) is 5.75 Å². The van der Waals surface area contributed by atoms with Gasteiger partial charge < -0.3 is 10.5 Å². The van der Waals surface area contributed by atoms with Crippen molar-refractivity contribution in [2.75, 3.05) is 12.8 Å². The Morgan fingerprint density at radius 1 is 1.12 bits per heavy atom. The van der Waals surface area contributed by atoms with E-state index in [-0.39, 0.29) is 0 Å². The minimum atomic E-state index is 0.727. The lowest BCUT2D eigenvalue weighted by molar-refractivity contribution is 0.416. The predicted octanol–water partition coefficient (Wildman–Crippen LogP) is 3.62. The van der Waals surface area contributed by atoms with Crippen LogP contribution in [0.4, 0.5) is 5.69 Å². The number of aryl methyl sites for hydroxylation is 2. The van der Waals surface area contributed by atoms with E-state index >= 15 is 0 Å². The zero-order chi connectivity index (χ0) is 11.7. The van der Waals surface area contributed by atoms with Gasteiger partial charge in [0.15, 0.2) is 0 Å². The molecule has 0 amide bonds. The number of rotatable bonds is 2. The number of ether oxygens (including phenoxy) is 1. The molecule has 1 heterocycles. The molecule has 2 aromatic rings. The van der Waals surface area contributed by atoms with Gasteiger partial charge in [-0.05, 0) is 37.6 Å². The monoisotopic (exact) mass is 233 g/mol. The maximum absolute atomic E-state index is 5.75. The average molecular weight is 233 g/mol. The summed E-state index contributed by atoms with van der Waals surface area (Å²) < 4.78 is 5.37. The minimum Gasteiger partial charge on any atom is -0.496 e. The smallest absolute Gasteiger partial charge is 0.128 e. The molecular weight excluding hydrogens is 218 g/mol. The Bertz CT molecular complexity index is 517. The fourth-order valence-electron chi connectivity index (χ4n) is 1.83. The molecule has 0 bridgehead atoms. The molecule has 3 heteroatoms. The van der Waals surface area contributed by atoms with Gasteiger partial charge in [0.25, 0.3) is 0 Å². The maximum Gasteiger partial charge on any atom is 0.128 e. The van der Waals surface area contributed by atoms with Gasteiger partial charge >= 0.3 is 0 Å². The van der Waals surface area contributed by atoms with Crippen LogP contribution in [-0.2, 0) is 0 Å². The summed E-state index contributed by atoms with van der Waals surface area (Å²) in [5.74, 6) is 0.834. The topological polar surface area (TPSA) is 35.2 Å². The molecule has 0 spiro atoms. The van der Waals surface area contributed by atoms with Crippen LogP contribution in [0.15, 0.2) is 24.3 Å². The molecule has 0 unspecified atom stereocenters. The molecule has 84 valence electrons. The average Bonchev–Trinajstić information content (AvgIpc) is 2.57. The quantitative estimate of drug-likeness (QED) is 0.804. The molecule has 2 rings (SSSR count). The summed E-state index contributed by atoms with van der Waals surface area (Å²) in [5.41, 5.74) is 8.82. The largest absolute Gasteiger partial charge is 0.496 e. The number of anilines is 1. The van der Waals surface area contributed by atoms with E-state index < -0.39 is 0 Å². The first kappa shape index (κ1) is 11.0. The van der Waals surface area contributed by atoms with Gasteiger partial charge in [0, 0.05) is 27.1 Å². The summed E-state index contributed by atoms with van der Waals surface area (Å²) in [6.07, 6.45) is 0. The highest BCUT2D eigenvalue weighted by Crippen LogP contribution is 2.37. The SMILES string of the molecule is COc1cc(N)ccc1-c1cc(C)sc1C. The van der Waals surface area contributed by atoms with E-state index in [2.05, 4.69) is 19.9 Å². The van der Waals surface area contributed by atoms with Gasteiger partial charge in [-0.3, -0.25) is 0 Å². The first-order valence-electron chi connectivity index (χ1n) is 5.12. The molecule has 0 fully saturated rings. The Hall–Kier alpha value is -1.48. The van der Waals surface area contributed by atoms with Crippen molar-refractivity contribution in [1.82, 2.24) is 0 Å². The van der Waals surface area contributed by atoms with Crippen molar-refractivity contribution in [3.05, 3.63) is 34.0 Å². The lowest BCUT2D eigenvalue weighted by Crippen LogP contribution is -1.91. The molecule has 0 aliphatic heterocycles. The molecule has 1 aromatic carbocycles. The molecular formula is C13H15NOS. The van der Waals surface area contributed by atoms with Crippen molar-refractivity contribution in [3.8, 4) is 16.9 Å². The van der Waals surface area contributed by atoms with Crippen LogP contribution in [-0.4, -0.2) is 7.11 Å². The third-order valence-corrected chi connectivity index (χ3v) is 3.52. The third-order valence-electron chi connectivity index (χ3n) is 2.56. The van der Waals surface area contributed by atoms with Crippen LogP contribution >= 0.6 is 11.3 Å².